The van der Waals surface area contributed by atoms with Gasteiger partial charge in [-0.15, -0.1) is 0 Å². The fraction of sp³-hybridized carbons (Fsp3) is 1.00. The molecule has 0 aromatic heterocycles. The molecule has 90 valence electrons. The van der Waals surface area contributed by atoms with Gasteiger partial charge >= 0.3 is 0 Å². The smallest absolute Gasteiger partial charge is 0.0834 e. The summed E-state index contributed by atoms with van der Waals surface area (Å²) in [6, 6.07) is 0. The third-order valence-corrected chi connectivity index (χ3v) is 3.54. The van der Waals surface area contributed by atoms with Crippen molar-refractivity contribution in [3.8, 4) is 0 Å². The van der Waals surface area contributed by atoms with E-state index in [-0.39, 0.29) is 12.2 Å². The Bertz CT molecular complexity index is 153. The first kappa shape index (κ1) is 13.0. The van der Waals surface area contributed by atoms with Gasteiger partial charge in [0.1, 0.15) is 0 Å². The number of hydrogen-bond donors (Lipinski definition) is 1. The molecule has 1 aliphatic rings. The molecule has 0 amide bonds. The second kappa shape index (κ2) is 7.24. The van der Waals surface area contributed by atoms with Gasteiger partial charge in [-0.25, -0.2) is 0 Å². The maximum absolute atomic E-state index is 9.94. The minimum absolute atomic E-state index is 0.129. The van der Waals surface area contributed by atoms with Crippen molar-refractivity contribution in [1.29, 1.82) is 0 Å². The zero-order valence-electron chi connectivity index (χ0n) is 10.2. The van der Waals surface area contributed by atoms with E-state index in [1.807, 2.05) is 0 Å². The Kier molecular flexibility index (Phi) is 6.26. The molecule has 0 saturated carbocycles. The lowest BCUT2D eigenvalue weighted by molar-refractivity contribution is -0.00828. The first-order valence-electron chi connectivity index (χ1n) is 6.57. The van der Waals surface area contributed by atoms with Gasteiger partial charge in [0.25, 0.3) is 0 Å². The molecule has 1 aliphatic heterocycles. The molecular weight excluding hydrogens is 188 g/mol. The summed E-state index contributed by atoms with van der Waals surface area (Å²) in [7, 11) is 0. The largest absolute Gasteiger partial charge is 0.390 e. The van der Waals surface area contributed by atoms with Crippen molar-refractivity contribution >= 4 is 0 Å². The summed E-state index contributed by atoms with van der Waals surface area (Å²) in [4.78, 5) is 0. The summed E-state index contributed by atoms with van der Waals surface area (Å²) < 4.78 is 5.49. The van der Waals surface area contributed by atoms with Crippen molar-refractivity contribution in [3.63, 3.8) is 0 Å². The molecule has 2 heteroatoms. The molecular formula is C13H26O2. The van der Waals surface area contributed by atoms with Crippen molar-refractivity contribution in [2.45, 2.75) is 71.0 Å². The average molecular weight is 214 g/mol. The van der Waals surface area contributed by atoms with Crippen LogP contribution in [0.25, 0.3) is 0 Å². The summed E-state index contributed by atoms with van der Waals surface area (Å²) in [6.45, 7) is 5.33. The molecule has 1 rings (SSSR count). The van der Waals surface area contributed by atoms with Crippen molar-refractivity contribution in [1.82, 2.24) is 0 Å². The highest BCUT2D eigenvalue weighted by Crippen LogP contribution is 2.23. The Morgan fingerprint density at radius 3 is 2.60 bits per heavy atom. The van der Waals surface area contributed by atoms with Crippen LogP contribution in [0, 0.1) is 5.92 Å². The molecule has 0 radical (unpaired) electrons. The molecule has 1 fully saturated rings. The standard InChI is InChI=1S/C13H26O2/c1-3-6-11(4-2)8-9-12(14)13-7-5-10-15-13/h11-14H,3-10H2,1-2H3. The number of rotatable bonds is 7. The second-order valence-electron chi connectivity index (χ2n) is 4.76. The van der Waals surface area contributed by atoms with Crippen molar-refractivity contribution in [2.75, 3.05) is 6.61 Å². The Balaban J connectivity index is 2.16. The van der Waals surface area contributed by atoms with Gasteiger partial charge in [-0.05, 0) is 31.6 Å². The van der Waals surface area contributed by atoms with Crippen LogP contribution in [0.2, 0.25) is 0 Å². The number of aliphatic hydroxyl groups excluding tert-OH is 1. The molecule has 0 aromatic carbocycles. The maximum atomic E-state index is 9.94. The van der Waals surface area contributed by atoms with Gasteiger partial charge in [0.15, 0.2) is 0 Å². The fourth-order valence-electron chi connectivity index (χ4n) is 2.46. The Morgan fingerprint density at radius 2 is 2.07 bits per heavy atom. The zero-order chi connectivity index (χ0) is 11.1. The van der Waals surface area contributed by atoms with Crippen LogP contribution in [0.4, 0.5) is 0 Å². The van der Waals surface area contributed by atoms with E-state index in [0.29, 0.717) is 0 Å². The van der Waals surface area contributed by atoms with E-state index in [0.717, 1.165) is 38.2 Å². The Labute approximate surface area is 94.0 Å². The molecule has 1 heterocycles. The van der Waals surface area contributed by atoms with Crippen LogP contribution in [0.1, 0.15) is 58.8 Å². The molecule has 0 aromatic rings. The fourth-order valence-corrected chi connectivity index (χ4v) is 2.46. The van der Waals surface area contributed by atoms with Crippen LogP contribution in [-0.4, -0.2) is 23.9 Å². The van der Waals surface area contributed by atoms with E-state index in [1.165, 1.54) is 19.3 Å². The highest BCUT2D eigenvalue weighted by Gasteiger charge is 2.24. The van der Waals surface area contributed by atoms with Crippen LogP contribution in [0.5, 0.6) is 0 Å². The van der Waals surface area contributed by atoms with E-state index in [2.05, 4.69) is 13.8 Å². The van der Waals surface area contributed by atoms with Crippen LogP contribution in [0.15, 0.2) is 0 Å². The number of aliphatic hydroxyl groups is 1. The van der Waals surface area contributed by atoms with Crippen molar-refractivity contribution in [2.24, 2.45) is 5.92 Å². The highest BCUT2D eigenvalue weighted by molar-refractivity contribution is 4.74. The predicted octanol–water partition coefficient (Wildman–Crippen LogP) is 3.13. The molecule has 3 unspecified atom stereocenters. The van der Waals surface area contributed by atoms with Crippen molar-refractivity contribution in [3.05, 3.63) is 0 Å². The van der Waals surface area contributed by atoms with Gasteiger partial charge in [-0.1, -0.05) is 33.1 Å². The molecule has 0 spiro atoms. The summed E-state index contributed by atoms with van der Waals surface area (Å²) in [5.41, 5.74) is 0. The van der Waals surface area contributed by atoms with E-state index in [4.69, 9.17) is 4.74 Å². The van der Waals surface area contributed by atoms with Crippen LogP contribution >= 0.6 is 0 Å². The Morgan fingerprint density at radius 1 is 1.27 bits per heavy atom. The van der Waals surface area contributed by atoms with E-state index >= 15 is 0 Å². The number of ether oxygens (including phenoxy) is 1. The molecule has 0 bridgehead atoms. The molecule has 2 nitrogen and oxygen atoms in total. The number of hydrogen-bond acceptors (Lipinski definition) is 2. The van der Waals surface area contributed by atoms with Crippen LogP contribution < -0.4 is 0 Å². The van der Waals surface area contributed by atoms with Gasteiger partial charge < -0.3 is 9.84 Å². The monoisotopic (exact) mass is 214 g/mol. The molecule has 1 saturated heterocycles. The first-order chi connectivity index (χ1) is 7.27. The SMILES string of the molecule is CCCC(CC)CCC(O)C1CCCO1. The molecule has 3 atom stereocenters. The minimum atomic E-state index is -0.224. The van der Waals surface area contributed by atoms with Gasteiger partial charge in [0, 0.05) is 6.61 Å². The van der Waals surface area contributed by atoms with E-state index in [1.54, 1.807) is 0 Å². The average Bonchev–Trinajstić information content (AvgIpc) is 2.77. The van der Waals surface area contributed by atoms with E-state index in [9.17, 15) is 5.11 Å². The molecule has 1 N–H and O–H groups in total. The minimum Gasteiger partial charge on any atom is -0.390 e. The summed E-state index contributed by atoms with van der Waals surface area (Å²) in [5.74, 6) is 0.797. The van der Waals surface area contributed by atoms with Crippen LogP contribution in [-0.2, 0) is 4.74 Å². The normalized spacial score (nSPS) is 25.4. The summed E-state index contributed by atoms with van der Waals surface area (Å²) in [6.07, 6.45) is 7.95. The highest BCUT2D eigenvalue weighted by atomic mass is 16.5. The molecule has 0 aliphatic carbocycles. The topological polar surface area (TPSA) is 29.5 Å². The first-order valence-corrected chi connectivity index (χ1v) is 6.57. The van der Waals surface area contributed by atoms with Gasteiger partial charge in [0.05, 0.1) is 12.2 Å². The van der Waals surface area contributed by atoms with E-state index < -0.39 is 0 Å². The summed E-state index contributed by atoms with van der Waals surface area (Å²) in [5, 5.41) is 9.94. The lowest BCUT2D eigenvalue weighted by Crippen LogP contribution is -2.25. The van der Waals surface area contributed by atoms with Gasteiger partial charge in [-0.2, -0.15) is 0 Å². The lowest BCUT2D eigenvalue weighted by Gasteiger charge is -2.20. The summed E-state index contributed by atoms with van der Waals surface area (Å²) >= 11 is 0. The third kappa shape index (κ3) is 4.52. The van der Waals surface area contributed by atoms with Gasteiger partial charge in [0.2, 0.25) is 0 Å². The lowest BCUT2D eigenvalue weighted by atomic mass is 9.92. The zero-order valence-corrected chi connectivity index (χ0v) is 10.2. The third-order valence-electron chi connectivity index (χ3n) is 3.54. The quantitative estimate of drug-likeness (QED) is 0.705. The predicted molar refractivity (Wildman–Crippen MR) is 62.9 cm³/mol. The Hall–Kier alpha value is -0.0800. The van der Waals surface area contributed by atoms with Crippen LogP contribution in [0.3, 0.4) is 0 Å². The molecule has 15 heavy (non-hydrogen) atoms. The second-order valence-corrected chi connectivity index (χ2v) is 4.76. The van der Waals surface area contributed by atoms with Crippen molar-refractivity contribution < 1.29 is 9.84 Å². The maximum Gasteiger partial charge on any atom is 0.0834 e. The van der Waals surface area contributed by atoms with Gasteiger partial charge in [-0.3, -0.25) is 0 Å².